The molecule has 1 unspecified atom stereocenters. The van der Waals surface area contributed by atoms with Crippen LogP contribution in [0.3, 0.4) is 0 Å². The van der Waals surface area contributed by atoms with Gasteiger partial charge in [0.15, 0.2) is 0 Å². The third-order valence-corrected chi connectivity index (χ3v) is 2.61. The molecule has 3 N–H and O–H groups in total. The maximum Gasteiger partial charge on any atom is 0.102 e. The van der Waals surface area contributed by atoms with E-state index in [0.717, 1.165) is 25.0 Å². The molecule has 0 saturated carbocycles. The molecule has 0 bridgehead atoms. The fourth-order valence-corrected chi connectivity index (χ4v) is 1.48. The topological polar surface area (TPSA) is 64.7 Å². The van der Waals surface area contributed by atoms with Crippen LogP contribution in [0.4, 0.5) is 5.69 Å². The van der Waals surface area contributed by atoms with Crippen molar-refractivity contribution in [1.82, 2.24) is 0 Å². The molecule has 1 aromatic rings. The van der Waals surface area contributed by atoms with Gasteiger partial charge in [0, 0.05) is 12.3 Å². The molecule has 0 fully saturated rings. The van der Waals surface area contributed by atoms with Crippen molar-refractivity contribution in [1.29, 1.82) is 0 Å². The first-order chi connectivity index (χ1) is 8.74. The lowest BCUT2D eigenvalue weighted by molar-refractivity contribution is 0.00275. The highest BCUT2D eigenvalue weighted by Gasteiger charge is 2.06. The number of rotatable bonds is 9. The highest BCUT2D eigenvalue weighted by atomic mass is 16.5. The lowest BCUT2D eigenvalue weighted by Gasteiger charge is -2.12. The van der Waals surface area contributed by atoms with Gasteiger partial charge in [0.1, 0.15) is 6.10 Å². The molecule has 4 nitrogen and oxygen atoms in total. The lowest BCUT2D eigenvalue weighted by Crippen LogP contribution is -2.11. The van der Waals surface area contributed by atoms with Gasteiger partial charge in [-0.3, -0.25) is 0 Å². The summed E-state index contributed by atoms with van der Waals surface area (Å²) in [6.45, 7) is 4.27. The van der Waals surface area contributed by atoms with Crippen LogP contribution in [0, 0.1) is 0 Å². The minimum atomic E-state index is -0.610. The van der Waals surface area contributed by atoms with E-state index in [1.807, 2.05) is 0 Å². The molecule has 4 heteroatoms. The third-order valence-electron chi connectivity index (χ3n) is 2.61. The van der Waals surface area contributed by atoms with E-state index in [1.165, 1.54) is 0 Å². The van der Waals surface area contributed by atoms with Crippen LogP contribution < -0.4 is 5.73 Å². The fraction of sp³-hybridized carbons (Fsp3) is 0.571. The van der Waals surface area contributed by atoms with E-state index in [-0.39, 0.29) is 6.61 Å². The van der Waals surface area contributed by atoms with Crippen LogP contribution in [0.15, 0.2) is 24.3 Å². The first-order valence-corrected chi connectivity index (χ1v) is 6.43. The molecule has 0 spiro atoms. The van der Waals surface area contributed by atoms with E-state index >= 15 is 0 Å². The summed E-state index contributed by atoms with van der Waals surface area (Å²) in [7, 11) is 0. The normalized spacial score (nSPS) is 12.6. The Kier molecular flexibility index (Phi) is 7.41. The summed E-state index contributed by atoms with van der Waals surface area (Å²) in [6, 6.07) is 7.15. The Bertz CT molecular complexity index is 313. The molecule has 0 aliphatic rings. The van der Waals surface area contributed by atoms with Crippen LogP contribution in [-0.4, -0.2) is 31.5 Å². The lowest BCUT2D eigenvalue weighted by atomic mass is 10.1. The SMILES string of the molecule is CCCCOCCOCC(O)c1ccc(N)cc1. The number of hydrogen-bond acceptors (Lipinski definition) is 4. The molecule has 18 heavy (non-hydrogen) atoms. The van der Waals surface area contributed by atoms with Gasteiger partial charge in [0.25, 0.3) is 0 Å². The van der Waals surface area contributed by atoms with E-state index in [2.05, 4.69) is 6.92 Å². The number of unbranched alkanes of at least 4 members (excludes halogenated alkanes) is 1. The Morgan fingerprint density at radius 3 is 2.44 bits per heavy atom. The Labute approximate surface area is 109 Å². The first-order valence-electron chi connectivity index (χ1n) is 6.43. The van der Waals surface area contributed by atoms with Gasteiger partial charge in [-0.2, -0.15) is 0 Å². The van der Waals surface area contributed by atoms with E-state index in [0.29, 0.717) is 18.9 Å². The molecule has 1 aromatic carbocycles. The third kappa shape index (κ3) is 6.00. The Balaban J connectivity index is 2.10. The number of anilines is 1. The zero-order valence-corrected chi connectivity index (χ0v) is 11.0. The van der Waals surface area contributed by atoms with Gasteiger partial charge in [-0.25, -0.2) is 0 Å². The van der Waals surface area contributed by atoms with Gasteiger partial charge in [-0.15, -0.1) is 0 Å². The molecule has 102 valence electrons. The van der Waals surface area contributed by atoms with Gasteiger partial charge >= 0.3 is 0 Å². The summed E-state index contributed by atoms with van der Waals surface area (Å²) in [6.07, 6.45) is 1.60. The van der Waals surface area contributed by atoms with Crippen molar-refractivity contribution in [2.45, 2.75) is 25.9 Å². The standard InChI is InChI=1S/C14H23NO3/c1-2-3-8-17-9-10-18-11-14(16)12-4-6-13(15)7-5-12/h4-7,14,16H,2-3,8-11,15H2,1H3. The monoisotopic (exact) mass is 253 g/mol. The van der Waals surface area contributed by atoms with Gasteiger partial charge in [0.2, 0.25) is 0 Å². The average Bonchev–Trinajstić information content (AvgIpc) is 2.38. The molecule has 0 aromatic heterocycles. The Morgan fingerprint density at radius 1 is 1.11 bits per heavy atom. The van der Waals surface area contributed by atoms with Crippen molar-refractivity contribution in [3.8, 4) is 0 Å². The molecule has 0 saturated heterocycles. The van der Waals surface area contributed by atoms with Crippen molar-refractivity contribution < 1.29 is 14.6 Å². The number of aliphatic hydroxyl groups is 1. The predicted molar refractivity (Wildman–Crippen MR) is 72.4 cm³/mol. The molecule has 0 aliphatic carbocycles. The van der Waals surface area contributed by atoms with Crippen LogP contribution in [0.25, 0.3) is 0 Å². The highest BCUT2D eigenvalue weighted by Crippen LogP contribution is 2.14. The summed E-state index contributed by atoms with van der Waals surface area (Å²) < 4.78 is 10.7. The van der Waals surface area contributed by atoms with Crippen LogP contribution in [-0.2, 0) is 9.47 Å². The van der Waals surface area contributed by atoms with E-state index < -0.39 is 6.10 Å². The second-order valence-electron chi connectivity index (χ2n) is 4.22. The molecule has 0 amide bonds. The Hall–Kier alpha value is -1.10. The number of nitrogen functional groups attached to an aromatic ring is 1. The quantitative estimate of drug-likeness (QED) is 0.523. The maximum absolute atomic E-state index is 9.85. The first kappa shape index (κ1) is 15.0. The summed E-state index contributed by atoms with van der Waals surface area (Å²) in [4.78, 5) is 0. The number of ether oxygens (including phenoxy) is 2. The summed E-state index contributed by atoms with van der Waals surface area (Å²) >= 11 is 0. The zero-order valence-electron chi connectivity index (χ0n) is 11.0. The number of nitrogens with two attached hydrogens (primary N) is 1. The zero-order chi connectivity index (χ0) is 13.2. The molecule has 1 rings (SSSR count). The van der Waals surface area contributed by atoms with E-state index in [4.69, 9.17) is 15.2 Å². The number of hydrogen-bond donors (Lipinski definition) is 2. The van der Waals surface area contributed by atoms with Crippen LogP contribution in [0.1, 0.15) is 31.4 Å². The maximum atomic E-state index is 9.85. The molecular formula is C14H23NO3. The van der Waals surface area contributed by atoms with Crippen LogP contribution in [0.5, 0.6) is 0 Å². The second kappa shape index (κ2) is 8.91. The van der Waals surface area contributed by atoms with Gasteiger partial charge in [0.05, 0.1) is 19.8 Å². The smallest absolute Gasteiger partial charge is 0.102 e. The van der Waals surface area contributed by atoms with Gasteiger partial charge < -0.3 is 20.3 Å². The van der Waals surface area contributed by atoms with Gasteiger partial charge in [-0.05, 0) is 24.1 Å². The molecule has 0 heterocycles. The molecular weight excluding hydrogens is 230 g/mol. The van der Waals surface area contributed by atoms with Crippen molar-refractivity contribution >= 4 is 5.69 Å². The summed E-state index contributed by atoms with van der Waals surface area (Å²) in [5, 5.41) is 9.85. The predicted octanol–water partition coefficient (Wildman–Crippen LogP) is 2.14. The fourth-order valence-electron chi connectivity index (χ4n) is 1.48. The van der Waals surface area contributed by atoms with Gasteiger partial charge in [-0.1, -0.05) is 25.5 Å². The van der Waals surface area contributed by atoms with Crippen LogP contribution in [0.2, 0.25) is 0 Å². The van der Waals surface area contributed by atoms with Crippen molar-refractivity contribution in [2.24, 2.45) is 0 Å². The average molecular weight is 253 g/mol. The van der Waals surface area contributed by atoms with Crippen LogP contribution >= 0.6 is 0 Å². The van der Waals surface area contributed by atoms with Crippen molar-refractivity contribution in [3.05, 3.63) is 29.8 Å². The Morgan fingerprint density at radius 2 is 1.78 bits per heavy atom. The van der Waals surface area contributed by atoms with Crippen molar-refractivity contribution in [3.63, 3.8) is 0 Å². The van der Waals surface area contributed by atoms with E-state index in [9.17, 15) is 5.11 Å². The highest BCUT2D eigenvalue weighted by molar-refractivity contribution is 5.39. The summed E-state index contributed by atoms with van der Waals surface area (Å²) in [5.41, 5.74) is 7.08. The number of benzene rings is 1. The minimum absolute atomic E-state index is 0.279. The molecule has 1 atom stereocenters. The largest absolute Gasteiger partial charge is 0.399 e. The molecule has 0 radical (unpaired) electrons. The molecule has 0 aliphatic heterocycles. The number of aliphatic hydroxyl groups excluding tert-OH is 1. The minimum Gasteiger partial charge on any atom is -0.399 e. The van der Waals surface area contributed by atoms with Crippen molar-refractivity contribution in [2.75, 3.05) is 32.2 Å². The second-order valence-corrected chi connectivity index (χ2v) is 4.22. The summed E-state index contributed by atoms with van der Waals surface area (Å²) in [5.74, 6) is 0. The van der Waals surface area contributed by atoms with E-state index in [1.54, 1.807) is 24.3 Å².